The molecule has 1 saturated heterocycles. The summed E-state index contributed by atoms with van der Waals surface area (Å²) in [4.78, 5) is 15.2. The molecular weight excluding hydrogens is 270 g/mol. The fourth-order valence-electron chi connectivity index (χ4n) is 2.45. The predicted octanol–water partition coefficient (Wildman–Crippen LogP) is 2.60. The van der Waals surface area contributed by atoms with Gasteiger partial charge in [0.05, 0.1) is 6.61 Å². The molecule has 1 unspecified atom stereocenters. The highest BCUT2D eigenvalue weighted by atomic mass is 32.1. The van der Waals surface area contributed by atoms with Crippen molar-refractivity contribution in [1.82, 2.24) is 4.90 Å². The van der Waals surface area contributed by atoms with Gasteiger partial charge in [-0.3, -0.25) is 4.79 Å². The lowest BCUT2D eigenvalue weighted by molar-refractivity contribution is 0.0788. The summed E-state index contributed by atoms with van der Waals surface area (Å²) in [6, 6.07) is 1.89. The van der Waals surface area contributed by atoms with E-state index in [2.05, 4.69) is 25.7 Å². The van der Waals surface area contributed by atoms with E-state index in [1.807, 2.05) is 16.3 Å². The van der Waals surface area contributed by atoms with Crippen molar-refractivity contribution < 1.29 is 9.90 Å². The summed E-state index contributed by atoms with van der Waals surface area (Å²) in [5, 5.41) is 10.7. The van der Waals surface area contributed by atoms with Crippen LogP contribution in [0.2, 0.25) is 0 Å². The van der Waals surface area contributed by atoms with Gasteiger partial charge in [0.15, 0.2) is 0 Å². The Morgan fingerprint density at radius 2 is 2.40 bits per heavy atom. The van der Waals surface area contributed by atoms with Gasteiger partial charge in [-0.1, -0.05) is 25.7 Å². The van der Waals surface area contributed by atoms with Crippen molar-refractivity contribution in [1.29, 1.82) is 0 Å². The van der Waals surface area contributed by atoms with Crippen LogP contribution in [0.4, 0.5) is 0 Å². The number of hydrogen-bond acceptors (Lipinski definition) is 3. The fraction of sp³-hybridized carbons (Fsp3) is 0.562. The lowest BCUT2D eigenvalue weighted by Gasteiger charge is -2.17. The first-order valence-corrected chi connectivity index (χ1v) is 7.98. The van der Waals surface area contributed by atoms with Crippen molar-refractivity contribution in [2.24, 2.45) is 11.8 Å². The minimum absolute atomic E-state index is 0.0581. The maximum atomic E-state index is 12.5. The molecule has 1 aliphatic rings. The molecule has 108 valence electrons. The fourth-order valence-corrected chi connectivity index (χ4v) is 3.26. The second-order valence-corrected chi connectivity index (χ2v) is 6.40. The number of carbonyl (C=O) groups excluding carboxylic acids is 1. The minimum atomic E-state index is 0.0581. The Hall–Kier alpha value is -1.31. The smallest absolute Gasteiger partial charge is 0.265 e. The van der Waals surface area contributed by atoms with Crippen LogP contribution in [0, 0.1) is 23.7 Å². The van der Waals surface area contributed by atoms with E-state index >= 15 is 0 Å². The van der Waals surface area contributed by atoms with Crippen molar-refractivity contribution in [2.75, 3.05) is 19.7 Å². The van der Waals surface area contributed by atoms with Gasteiger partial charge in [-0.05, 0) is 29.7 Å². The molecule has 4 heteroatoms. The molecule has 1 aliphatic heterocycles. The monoisotopic (exact) mass is 291 g/mol. The maximum absolute atomic E-state index is 12.5. The molecule has 20 heavy (non-hydrogen) atoms. The van der Waals surface area contributed by atoms with Gasteiger partial charge in [-0.25, -0.2) is 0 Å². The van der Waals surface area contributed by atoms with Gasteiger partial charge >= 0.3 is 0 Å². The molecule has 1 aromatic rings. The molecular formula is C16H21NO2S. The molecule has 1 aromatic heterocycles. The number of nitrogens with zero attached hydrogens (tertiary/aromatic N) is 1. The summed E-state index contributed by atoms with van der Waals surface area (Å²) in [6.45, 7) is 6.20. The molecule has 2 heterocycles. The second-order valence-electron chi connectivity index (χ2n) is 5.48. The van der Waals surface area contributed by atoms with Gasteiger partial charge in [0.2, 0.25) is 0 Å². The molecule has 0 saturated carbocycles. The van der Waals surface area contributed by atoms with Gasteiger partial charge in [0.1, 0.15) is 4.88 Å². The third kappa shape index (κ3) is 3.41. The van der Waals surface area contributed by atoms with E-state index in [0.717, 1.165) is 30.0 Å². The first kappa shape index (κ1) is 15.1. The van der Waals surface area contributed by atoms with Crippen LogP contribution in [0.3, 0.4) is 0 Å². The molecule has 0 bridgehead atoms. The summed E-state index contributed by atoms with van der Waals surface area (Å²) in [5.74, 6) is 7.22. The van der Waals surface area contributed by atoms with Crippen molar-refractivity contribution in [3.8, 4) is 11.8 Å². The van der Waals surface area contributed by atoms with E-state index in [1.165, 1.54) is 11.3 Å². The zero-order valence-corrected chi connectivity index (χ0v) is 12.9. The largest absolute Gasteiger partial charge is 0.395 e. The summed E-state index contributed by atoms with van der Waals surface area (Å²) in [6.07, 6.45) is 1.54. The number of aliphatic hydroxyl groups is 1. The normalized spacial score (nSPS) is 18.2. The molecule has 1 fully saturated rings. The van der Waals surface area contributed by atoms with Gasteiger partial charge in [0, 0.05) is 25.1 Å². The Labute approximate surface area is 124 Å². The Morgan fingerprint density at radius 1 is 1.60 bits per heavy atom. The predicted molar refractivity (Wildman–Crippen MR) is 81.7 cm³/mol. The van der Waals surface area contributed by atoms with Crippen LogP contribution in [-0.4, -0.2) is 35.6 Å². The third-order valence-electron chi connectivity index (χ3n) is 3.77. The van der Waals surface area contributed by atoms with E-state index in [1.54, 1.807) is 0 Å². The van der Waals surface area contributed by atoms with E-state index in [4.69, 9.17) is 5.11 Å². The maximum Gasteiger partial charge on any atom is 0.265 e. The second kappa shape index (κ2) is 6.92. The van der Waals surface area contributed by atoms with Crippen LogP contribution in [0.5, 0.6) is 0 Å². The van der Waals surface area contributed by atoms with Crippen LogP contribution in [0.1, 0.15) is 41.9 Å². The lowest BCUT2D eigenvalue weighted by Crippen LogP contribution is -2.29. The zero-order chi connectivity index (χ0) is 14.5. The first-order valence-electron chi connectivity index (χ1n) is 7.10. The average molecular weight is 291 g/mol. The highest BCUT2D eigenvalue weighted by molar-refractivity contribution is 7.12. The van der Waals surface area contributed by atoms with Crippen molar-refractivity contribution in [2.45, 2.75) is 26.7 Å². The first-order chi connectivity index (χ1) is 9.63. The molecule has 1 N–H and O–H groups in total. The molecule has 0 radical (unpaired) electrons. The molecule has 0 aromatic carbocycles. The topological polar surface area (TPSA) is 40.5 Å². The quantitative estimate of drug-likeness (QED) is 0.870. The van der Waals surface area contributed by atoms with Crippen LogP contribution in [-0.2, 0) is 0 Å². The Morgan fingerprint density at radius 3 is 3.05 bits per heavy atom. The molecule has 0 spiro atoms. The molecule has 1 amide bonds. The van der Waals surface area contributed by atoms with Crippen LogP contribution < -0.4 is 0 Å². The SMILES string of the molecule is CC(C)C1CCN(C(=O)c2sccc2C#CCCO)C1. The van der Waals surface area contributed by atoms with Crippen molar-refractivity contribution in [3.05, 3.63) is 21.9 Å². The molecule has 3 nitrogen and oxygen atoms in total. The summed E-state index contributed by atoms with van der Waals surface area (Å²) in [5.41, 5.74) is 0.793. The average Bonchev–Trinajstić information content (AvgIpc) is 3.07. The van der Waals surface area contributed by atoms with Gasteiger partial charge in [-0.2, -0.15) is 0 Å². The Balaban J connectivity index is 2.08. The molecule has 2 rings (SSSR count). The van der Waals surface area contributed by atoms with Crippen molar-refractivity contribution in [3.63, 3.8) is 0 Å². The standard InChI is InChI=1S/C16H21NO2S/c1-12(2)14-6-8-17(11-14)16(19)15-13(7-10-20-15)5-3-4-9-18/h7,10,12,14,18H,4,6,8-9,11H2,1-2H3. The summed E-state index contributed by atoms with van der Waals surface area (Å²) < 4.78 is 0. The summed E-state index contributed by atoms with van der Waals surface area (Å²) >= 11 is 1.46. The molecule has 1 atom stereocenters. The summed E-state index contributed by atoms with van der Waals surface area (Å²) in [7, 11) is 0. The van der Waals surface area contributed by atoms with Gasteiger partial charge in [0.25, 0.3) is 5.91 Å². The number of likely N-dealkylation sites (tertiary alicyclic amines) is 1. The number of carbonyl (C=O) groups is 1. The number of rotatable bonds is 3. The highest BCUT2D eigenvalue weighted by Gasteiger charge is 2.29. The Kier molecular flexibility index (Phi) is 5.22. The van der Waals surface area contributed by atoms with E-state index in [-0.39, 0.29) is 12.5 Å². The minimum Gasteiger partial charge on any atom is -0.395 e. The van der Waals surface area contributed by atoms with Gasteiger partial charge in [-0.15, -0.1) is 11.3 Å². The molecule has 0 aliphatic carbocycles. The number of thiophene rings is 1. The van der Waals surface area contributed by atoms with E-state index in [0.29, 0.717) is 18.3 Å². The lowest BCUT2D eigenvalue weighted by atomic mass is 9.95. The van der Waals surface area contributed by atoms with Crippen LogP contribution >= 0.6 is 11.3 Å². The number of hydrogen-bond donors (Lipinski definition) is 1. The third-order valence-corrected chi connectivity index (χ3v) is 4.68. The number of amides is 1. The van der Waals surface area contributed by atoms with Crippen LogP contribution in [0.15, 0.2) is 11.4 Å². The number of aliphatic hydroxyl groups excluding tert-OH is 1. The van der Waals surface area contributed by atoms with Gasteiger partial charge < -0.3 is 10.0 Å². The van der Waals surface area contributed by atoms with Crippen molar-refractivity contribution >= 4 is 17.2 Å². The van der Waals surface area contributed by atoms with E-state index < -0.39 is 0 Å². The highest BCUT2D eigenvalue weighted by Crippen LogP contribution is 2.27. The van der Waals surface area contributed by atoms with Crippen LogP contribution in [0.25, 0.3) is 0 Å². The Bertz CT molecular complexity index is 524. The van der Waals surface area contributed by atoms with E-state index in [9.17, 15) is 4.79 Å². The zero-order valence-electron chi connectivity index (χ0n) is 12.1.